The number of aliphatic hydroxyl groups is 1. The Morgan fingerprint density at radius 1 is 1.29 bits per heavy atom. The number of aromatic nitrogens is 2. The van der Waals surface area contributed by atoms with Crippen LogP contribution in [0, 0.1) is 11.7 Å². The highest BCUT2D eigenvalue weighted by atomic mass is 31.2. The van der Waals surface area contributed by atoms with Crippen molar-refractivity contribution in [1.29, 1.82) is 0 Å². The van der Waals surface area contributed by atoms with Gasteiger partial charge >= 0.3 is 19.3 Å². The number of aromatic amines is 1. The van der Waals surface area contributed by atoms with E-state index in [1.807, 2.05) is 0 Å². The Bertz CT molecular complexity index is 1290. The molecule has 0 radical (unpaired) electrons. The normalized spacial score (nSPS) is 25.6. The molecule has 15 heteroatoms. The molecule has 1 fully saturated rings. The summed E-state index contributed by atoms with van der Waals surface area (Å²) in [6, 6.07) is 7.96. The number of halogens is 2. The minimum Gasteiger partial charge on any atom is -0.463 e. The molecule has 0 saturated carbocycles. The molecule has 4 N–H and O–H groups in total. The number of carbonyl (C=O) groups is 1. The maximum Gasteiger partial charge on any atom is 0.380 e. The maximum absolute atomic E-state index is 14.1. The number of H-pyrrole nitrogens is 1. The van der Waals surface area contributed by atoms with Gasteiger partial charge in [-0.25, -0.2) is 13.8 Å². The summed E-state index contributed by atoms with van der Waals surface area (Å²) in [5, 5.41) is 10.8. The maximum atomic E-state index is 14.1. The van der Waals surface area contributed by atoms with Crippen LogP contribution < -0.4 is 21.5 Å². The zero-order chi connectivity index (χ0) is 28.3. The number of nitrogens with zero attached hydrogens (tertiary/aromatic N) is 1. The van der Waals surface area contributed by atoms with Crippen molar-refractivity contribution in [2.24, 2.45) is 11.7 Å². The summed E-state index contributed by atoms with van der Waals surface area (Å²) < 4.78 is 64.0. The molecule has 210 valence electrons. The highest BCUT2D eigenvalue weighted by molar-refractivity contribution is 7.54. The molecule has 1 aliphatic heterocycles. The van der Waals surface area contributed by atoms with Crippen LogP contribution in [0.1, 0.15) is 27.0 Å². The monoisotopic (exact) mass is 561 g/mol. The molecular weight excluding hydrogens is 531 g/mol. The third-order valence-electron chi connectivity index (χ3n) is 5.75. The second-order valence-corrected chi connectivity index (χ2v) is 11.3. The Hall–Kier alpha value is -2.90. The first kappa shape index (κ1) is 29.7. The van der Waals surface area contributed by atoms with Crippen LogP contribution in [0.25, 0.3) is 0 Å². The van der Waals surface area contributed by atoms with Gasteiger partial charge in [0.1, 0.15) is 30.2 Å². The quantitative estimate of drug-likeness (QED) is 0.269. The number of hydrogen-bond acceptors (Lipinski definition) is 10. The van der Waals surface area contributed by atoms with Crippen molar-refractivity contribution in [3.8, 4) is 5.75 Å². The van der Waals surface area contributed by atoms with E-state index in [1.54, 1.807) is 37.0 Å². The van der Waals surface area contributed by atoms with Crippen LogP contribution in [-0.2, 0) is 23.4 Å². The van der Waals surface area contributed by atoms with Crippen molar-refractivity contribution in [3.05, 3.63) is 63.2 Å². The van der Waals surface area contributed by atoms with Crippen LogP contribution in [0.3, 0.4) is 0 Å². The molecular formula is C23H30F2N3O9P. The number of carbonyl (C=O) groups excluding carboxylic acids is 1. The Labute approximate surface area is 216 Å². The zero-order valence-electron chi connectivity index (χ0n) is 20.9. The van der Waals surface area contributed by atoms with Crippen LogP contribution >= 0.6 is 7.60 Å². The molecule has 12 nitrogen and oxygen atoms in total. The first-order chi connectivity index (χ1) is 17.8. The number of esters is 1. The summed E-state index contributed by atoms with van der Waals surface area (Å²) in [7, 11) is -4.14. The van der Waals surface area contributed by atoms with Crippen molar-refractivity contribution in [2.75, 3.05) is 19.4 Å². The topological polar surface area (TPSA) is 172 Å². The third kappa shape index (κ3) is 6.56. The Kier molecular flexibility index (Phi) is 9.26. The number of hydrogen-bond donors (Lipinski definition) is 3. The molecule has 6 atom stereocenters. The van der Waals surface area contributed by atoms with Gasteiger partial charge in [0.2, 0.25) is 5.82 Å². The number of aliphatic hydroxyl groups excluding tert-OH is 1. The van der Waals surface area contributed by atoms with Gasteiger partial charge in [0, 0.05) is 0 Å². The van der Waals surface area contributed by atoms with E-state index in [9.17, 15) is 32.8 Å². The zero-order valence-corrected chi connectivity index (χ0v) is 21.8. The first-order valence-corrected chi connectivity index (χ1v) is 13.4. The molecule has 0 bridgehead atoms. The van der Waals surface area contributed by atoms with Crippen LogP contribution in [0.15, 0.2) is 46.1 Å². The van der Waals surface area contributed by atoms with E-state index in [4.69, 9.17) is 24.3 Å². The van der Waals surface area contributed by atoms with Gasteiger partial charge in [-0.3, -0.25) is 23.7 Å². The predicted molar refractivity (Wildman–Crippen MR) is 130 cm³/mol. The number of ether oxygens (including phenoxy) is 2. The molecule has 38 heavy (non-hydrogen) atoms. The van der Waals surface area contributed by atoms with Gasteiger partial charge in [0.05, 0.1) is 31.0 Å². The SMILES string of the molecule is CC(C)OC(=O)[C@H](C)CP(=O)(OC[C@H]1O[C@@H](n2cc(F)c(=O)[nH]c2=O)C(N)(CF)[C@H]1O)Oc1ccccc1. The van der Waals surface area contributed by atoms with E-state index < -0.39 is 86.1 Å². The van der Waals surface area contributed by atoms with E-state index in [0.29, 0.717) is 10.8 Å². The number of nitrogens with one attached hydrogen (secondary N) is 1. The van der Waals surface area contributed by atoms with Gasteiger partial charge in [-0.2, -0.15) is 4.39 Å². The summed E-state index contributed by atoms with van der Waals surface area (Å²) >= 11 is 0. The summed E-state index contributed by atoms with van der Waals surface area (Å²) in [4.78, 5) is 37.7. The van der Waals surface area contributed by atoms with Crippen molar-refractivity contribution >= 4 is 13.6 Å². The molecule has 2 unspecified atom stereocenters. The minimum atomic E-state index is -4.14. The van der Waals surface area contributed by atoms with Crippen LogP contribution in [-0.4, -0.2) is 63.9 Å². The molecule has 0 spiro atoms. The Balaban J connectivity index is 1.85. The van der Waals surface area contributed by atoms with Crippen molar-refractivity contribution in [2.45, 2.75) is 50.8 Å². The number of benzene rings is 1. The van der Waals surface area contributed by atoms with E-state index in [-0.39, 0.29) is 5.75 Å². The molecule has 3 rings (SSSR count). The first-order valence-electron chi connectivity index (χ1n) is 11.7. The fourth-order valence-electron chi connectivity index (χ4n) is 3.80. The van der Waals surface area contributed by atoms with Crippen molar-refractivity contribution < 1.29 is 41.8 Å². The molecule has 2 aromatic rings. The van der Waals surface area contributed by atoms with Crippen LogP contribution in [0.2, 0.25) is 0 Å². The van der Waals surface area contributed by atoms with E-state index in [1.165, 1.54) is 19.1 Å². The van der Waals surface area contributed by atoms with E-state index in [2.05, 4.69) is 0 Å². The summed E-state index contributed by atoms with van der Waals surface area (Å²) in [5.41, 5.74) is 1.28. The highest BCUT2D eigenvalue weighted by Crippen LogP contribution is 2.51. The summed E-state index contributed by atoms with van der Waals surface area (Å²) in [6.07, 6.45) is -5.41. The lowest BCUT2D eigenvalue weighted by Gasteiger charge is -2.30. The number of alkyl halides is 1. The van der Waals surface area contributed by atoms with Gasteiger partial charge in [-0.15, -0.1) is 0 Å². The van der Waals surface area contributed by atoms with E-state index in [0.717, 1.165) is 0 Å². The number of nitrogens with two attached hydrogens (primary N) is 1. The van der Waals surface area contributed by atoms with Crippen molar-refractivity contribution in [1.82, 2.24) is 9.55 Å². The van der Waals surface area contributed by atoms with Crippen LogP contribution in [0.4, 0.5) is 8.78 Å². The standard InChI is InChI=1S/C23H30F2N3O9P/c1-13(2)35-20(31)14(3)11-38(33,37-15-7-5-4-6-8-15)34-10-17-18(29)23(26,12-24)21(36-17)28-9-16(25)19(30)27-22(28)32/h4-9,13-14,17-18,21,29H,10-12,26H2,1-3H3,(H,27,30,32)/t14-,17-,18+,21-,23?,38?/m1/s1. The predicted octanol–water partition coefficient (Wildman–Crippen LogP) is 1.48. The fourth-order valence-corrected chi connectivity index (χ4v) is 5.67. The van der Waals surface area contributed by atoms with Gasteiger partial charge in [-0.05, 0) is 26.0 Å². The second kappa shape index (κ2) is 11.9. The molecule has 0 amide bonds. The van der Waals surface area contributed by atoms with Gasteiger partial charge in [-0.1, -0.05) is 25.1 Å². The van der Waals surface area contributed by atoms with E-state index >= 15 is 0 Å². The smallest absolute Gasteiger partial charge is 0.380 e. The lowest BCUT2D eigenvalue weighted by molar-refractivity contribution is -0.151. The lowest BCUT2D eigenvalue weighted by Crippen LogP contribution is -2.58. The molecule has 1 aliphatic rings. The Morgan fingerprint density at radius 2 is 1.95 bits per heavy atom. The Morgan fingerprint density at radius 3 is 2.55 bits per heavy atom. The average molecular weight is 561 g/mol. The average Bonchev–Trinajstić information content (AvgIpc) is 3.10. The fraction of sp³-hybridized carbons (Fsp3) is 0.522. The van der Waals surface area contributed by atoms with Gasteiger partial charge in [0.25, 0.3) is 5.56 Å². The summed E-state index contributed by atoms with van der Waals surface area (Å²) in [5.74, 6) is -2.77. The molecule has 1 aromatic heterocycles. The molecule has 2 heterocycles. The highest BCUT2D eigenvalue weighted by Gasteiger charge is 2.56. The largest absolute Gasteiger partial charge is 0.463 e. The van der Waals surface area contributed by atoms with Crippen molar-refractivity contribution in [3.63, 3.8) is 0 Å². The number of rotatable bonds is 11. The minimum absolute atomic E-state index is 0.165. The third-order valence-corrected chi connectivity index (χ3v) is 7.78. The molecule has 1 saturated heterocycles. The molecule has 1 aromatic carbocycles. The second-order valence-electron chi connectivity index (χ2n) is 9.24. The number of para-hydroxylation sites is 1. The summed E-state index contributed by atoms with van der Waals surface area (Å²) in [6.45, 7) is 2.68. The lowest BCUT2D eigenvalue weighted by atomic mass is 9.92. The van der Waals surface area contributed by atoms with Gasteiger partial charge in [0.15, 0.2) is 6.23 Å². The van der Waals surface area contributed by atoms with Crippen LogP contribution in [0.5, 0.6) is 5.75 Å². The van der Waals surface area contributed by atoms with Gasteiger partial charge < -0.3 is 24.8 Å². The molecule has 0 aliphatic carbocycles.